The topological polar surface area (TPSA) is 162 Å². The molecule has 1 unspecified atom stereocenters. The van der Waals surface area contributed by atoms with Gasteiger partial charge in [-0.3, -0.25) is 4.98 Å². The third-order valence-electron chi connectivity index (χ3n) is 1.03. The van der Waals surface area contributed by atoms with Crippen molar-refractivity contribution in [1.29, 1.82) is 0 Å². The fraction of sp³-hybridized carbons (Fsp3) is 0. The fourth-order valence-electron chi connectivity index (χ4n) is 0.628. The van der Waals surface area contributed by atoms with Crippen LogP contribution in [-0.4, -0.2) is 35.6 Å². The van der Waals surface area contributed by atoms with Gasteiger partial charge in [-0.15, -0.1) is 0 Å². The molecule has 1 aromatic heterocycles. The van der Waals surface area contributed by atoms with Crippen molar-refractivity contribution < 1.29 is 37.0 Å². The summed E-state index contributed by atoms with van der Waals surface area (Å²) in [5.41, 5.74) is 0. The van der Waals surface area contributed by atoms with Crippen molar-refractivity contribution in [2.24, 2.45) is 0 Å². The Morgan fingerprint density at radius 3 is 2.33 bits per heavy atom. The van der Waals surface area contributed by atoms with Gasteiger partial charge in [-0.05, 0) is 0 Å². The molecule has 1 atom stereocenters. The van der Waals surface area contributed by atoms with Crippen LogP contribution in [0.3, 0.4) is 0 Å². The first-order chi connectivity index (χ1) is 8.20. The molecule has 14 heteroatoms. The number of hydrogen-bond acceptors (Lipinski definition) is 11. The van der Waals surface area contributed by atoms with E-state index >= 15 is 0 Å². The molecular formula is C4H3N2O9S3-. The van der Waals surface area contributed by atoms with Crippen molar-refractivity contribution in [2.45, 2.75) is 0 Å². The SMILES string of the molecule is O=S([O-])OS(=O)(=O)OS(=O)(=O)Oc1cnccn1. The van der Waals surface area contributed by atoms with Crippen LogP contribution >= 0.6 is 0 Å². The van der Waals surface area contributed by atoms with E-state index in [1.807, 2.05) is 0 Å². The van der Waals surface area contributed by atoms with E-state index in [-0.39, 0.29) is 0 Å². The van der Waals surface area contributed by atoms with Gasteiger partial charge < -0.3 is 8.74 Å². The lowest BCUT2D eigenvalue weighted by atomic mass is 10.7. The molecule has 1 rings (SSSR count). The summed E-state index contributed by atoms with van der Waals surface area (Å²) in [6, 6.07) is 0. The summed E-state index contributed by atoms with van der Waals surface area (Å²) in [7, 11) is -10.5. The van der Waals surface area contributed by atoms with E-state index in [4.69, 9.17) is 0 Å². The normalized spacial score (nSPS) is 14.1. The third kappa shape index (κ3) is 5.43. The maximum atomic E-state index is 11.0. The van der Waals surface area contributed by atoms with Gasteiger partial charge in [0, 0.05) is 12.4 Å². The zero-order chi connectivity index (χ0) is 13.8. The van der Waals surface area contributed by atoms with Crippen LogP contribution in [0.5, 0.6) is 5.88 Å². The van der Waals surface area contributed by atoms with Gasteiger partial charge in [0.2, 0.25) is 0 Å². The predicted octanol–water partition coefficient (Wildman–Crippen LogP) is -1.83. The van der Waals surface area contributed by atoms with E-state index in [1.54, 1.807) is 0 Å². The van der Waals surface area contributed by atoms with Crippen LogP contribution in [0.4, 0.5) is 0 Å². The Hall–Kier alpha value is -1.19. The lowest BCUT2D eigenvalue weighted by molar-refractivity contribution is 0.343. The van der Waals surface area contributed by atoms with E-state index < -0.39 is 38.0 Å². The molecule has 0 N–H and O–H groups in total. The summed E-state index contributed by atoms with van der Waals surface area (Å²) in [5, 5.41) is 0. The molecule has 1 heterocycles. The highest BCUT2D eigenvalue weighted by Gasteiger charge is 2.27. The lowest BCUT2D eigenvalue weighted by Crippen LogP contribution is -2.21. The van der Waals surface area contributed by atoms with E-state index in [1.165, 1.54) is 6.20 Å². The van der Waals surface area contributed by atoms with Crippen LogP contribution in [0.1, 0.15) is 0 Å². The summed E-state index contributed by atoms with van der Waals surface area (Å²) in [6.45, 7) is 0. The quantitative estimate of drug-likeness (QED) is 0.542. The molecule has 0 radical (unpaired) electrons. The molecule has 0 fully saturated rings. The van der Waals surface area contributed by atoms with Crippen LogP contribution in [0.15, 0.2) is 18.6 Å². The molecular weight excluding hydrogens is 316 g/mol. The second-order valence-corrected chi connectivity index (χ2v) is 5.58. The molecule has 0 spiro atoms. The lowest BCUT2D eigenvalue weighted by Gasteiger charge is -2.06. The highest BCUT2D eigenvalue weighted by molar-refractivity contribution is 7.99. The Balaban J connectivity index is 2.81. The second kappa shape index (κ2) is 5.63. The van der Waals surface area contributed by atoms with Crippen molar-refractivity contribution in [1.82, 2.24) is 9.97 Å². The summed E-state index contributed by atoms with van der Waals surface area (Å²) in [4.78, 5) is 6.78. The fourth-order valence-corrected chi connectivity index (χ4v) is 2.69. The first-order valence-corrected chi connectivity index (χ1v) is 7.32. The van der Waals surface area contributed by atoms with Crippen LogP contribution < -0.4 is 4.18 Å². The van der Waals surface area contributed by atoms with Gasteiger partial charge in [-0.25, -0.2) is 9.19 Å². The molecule has 0 saturated heterocycles. The molecule has 0 aliphatic carbocycles. The van der Waals surface area contributed by atoms with Crippen molar-refractivity contribution >= 4 is 32.2 Å². The second-order valence-electron chi connectivity index (χ2n) is 2.28. The molecule has 0 bridgehead atoms. The third-order valence-corrected chi connectivity index (χ3v) is 3.85. The van der Waals surface area contributed by atoms with E-state index in [0.29, 0.717) is 0 Å². The summed E-state index contributed by atoms with van der Waals surface area (Å²) >= 11 is -3.53. The van der Waals surface area contributed by atoms with Gasteiger partial charge in [-0.2, -0.15) is 20.5 Å². The minimum Gasteiger partial charge on any atom is -0.749 e. The molecule has 18 heavy (non-hydrogen) atoms. The monoisotopic (exact) mass is 319 g/mol. The molecule has 0 aliphatic heterocycles. The highest BCUT2D eigenvalue weighted by atomic mass is 32.3. The van der Waals surface area contributed by atoms with Gasteiger partial charge in [-0.1, -0.05) is 3.63 Å². The van der Waals surface area contributed by atoms with Gasteiger partial charge >= 0.3 is 20.8 Å². The van der Waals surface area contributed by atoms with Crippen LogP contribution in [0, 0.1) is 0 Å². The summed E-state index contributed by atoms with van der Waals surface area (Å²) in [6.07, 6.45) is 3.10. The molecule has 102 valence electrons. The van der Waals surface area contributed by atoms with Crippen molar-refractivity contribution in [3.63, 3.8) is 0 Å². The smallest absolute Gasteiger partial charge is 0.467 e. The van der Waals surface area contributed by atoms with Gasteiger partial charge in [0.25, 0.3) is 5.88 Å². The first-order valence-electron chi connectivity index (χ1n) is 3.66. The Bertz CT molecular complexity index is 623. The maximum Gasteiger partial charge on any atom is 0.467 e. The number of hydrogen-bond donors (Lipinski definition) is 0. The van der Waals surface area contributed by atoms with Crippen molar-refractivity contribution in [3.05, 3.63) is 18.6 Å². The molecule has 0 amide bonds. The summed E-state index contributed by atoms with van der Waals surface area (Å²) in [5.74, 6) is -0.587. The van der Waals surface area contributed by atoms with Crippen LogP contribution in [-0.2, 0) is 39.4 Å². The number of rotatable bonds is 6. The molecule has 0 aromatic carbocycles. The maximum absolute atomic E-state index is 11.0. The minimum atomic E-state index is -5.33. The van der Waals surface area contributed by atoms with Gasteiger partial charge in [0.05, 0.1) is 6.20 Å². The van der Waals surface area contributed by atoms with Gasteiger partial charge in [0.1, 0.15) is 11.4 Å². The van der Waals surface area contributed by atoms with E-state index in [9.17, 15) is 25.6 Å². The zero-order valence-corrected chi connectivity index (χ0v) is 10.5. The van der Waals surface area contributed by atoms with Crippen molar-refractivity contribution in [2.75, 3.05) is 0 Å². The molecule has 0 aliphatic rings. The predicted molar refractivity (Wildman–Crippen MR) is 51.6 cm³/mol. The Morgan fingerprint density at radius 1 is 1.17 bits per heavy atom. The van der Waals surface area contributed by atoms with Crippen LogP contribution in [0.25, 0.3) is 0 Å². The average Bonchev–Trinajstić information content (AvgIpc) is 2.13. The van der Waals surface area contributed by atoms with E-state index in [2.05, 4.69) is 21.4 Å². The van der Waals surface area contributed by atoms with Gasteiger partial charge in [0.15, 0.2) is 0 Å². The van der Waals surface area contributed by atoms with E-state index in [0.717, 1.165) is 12.4 Å². The highest BCUT2D eigenvalue weighted by Crippen LogP contribution is 2.10. The minimum absolute atomic E-state index is 0.587. The largest absolute Gasteiger partial charge is 0.749 e. The Morgan fingerprint density at radius 2 is 1.83 bits per heavy atom. The zero-order valence-electron chi connectivity index (χ0n) is 8.03. The first kappa shape index (κ1) is 14.9. The van der Waals surface area contributed by atoms with Crippen molar-refractivity contribution in [3.8, 4) is 5.88 Å². The molecule has 1 aromatic rings. The Labute approximate surface area is 104 Å². The molecule has 11 nitrogen and oxygen atoms in total. The Kier molecular flexibility index (Phi) is 4.65. The standard InChI is InChI=1S/C4H4N2O9S3/c7-16(8)14-18(11,12)15-17(9,10)13-4-3-5-1-2-6-4/h1-3H,(H,7,8)/p-1. The summed E-state index contributed by atoms with van der Waals surface area (Å²) < 4.78 is 73.9. The van der Waals surface area contributed by atoms with Crippen LogP contribution in [0.2, 0.25) is 0 Å². The molecule has 0 saturated carbocycles. The average molecular weight is 319 g/mol. The number of nitrogens with zero attached hydrogens (tertiary/aromatic N) is 2. The number of aromatic nitrogens is 2.